The molecule has 0 saturated carbocycles. The maximum absolute atomic E-state index is 12.7. The molecule has 7 heteroatoms. The quantitative estimate of drug-likeness (QED) is 0.416. The average molecular weight is 400 g/mol. The van der Waals surface area contributed by atoms with Gasteiger partial charge < -0.3 is 19.0 Å². The molecule has 1 N–H and O–H groups in total. The second-order valence-electron chi connectivity index (χ2n) is 7.10. The molecule has 30 heavy (non-hydrogen) atoms. The van der Waals surface area contributed by atoms with Gasteiger partial charge in [-0.15, -0.1) is 0 Å². The van der Waals surface area contributed by atoms with Gasteiger partial charge in [-0.25, -0.2) is 9.59 Å². The number of benzene rings is 2. The van der Waals surface area contributed by atoms with Crippen molar-refractivity contribution in [3.63, 3.8) is 0 Å². The minimum atomic E-state index is -0.729. The Hall–Kier alpha value is -4.13. The SMILES string of the molecule is CC(=O)Nc1ccc(C2=C(c3cn(C)c4ccccc34)C(=O)OC2=O)c2occc12. The summed E-state index contributed by atoms with van der Waals surface area (Å²) in [7, 11) is 1.88. The molecule has 4 aromatic rings. The van der Waals surface area contributed by atoms with E-state index in [-0.39, 0.29) is 17.1 Å². The number of para-hydroxylation sites is 1. The van der Waals surface area contributed by atoms with Crippen molar-refractivity contribution < 1.29 is 23.5 Å². The number of aryl methyl sites for hydroxylation is 1. The molecule has 1 aliphatic heterocycles. The summed E-state index contributed by atoms with van der Waals surface area (Å²) >= 11 is 0. The van der Waals surface area contributed by atoms with E-state index in [1.165, 1.54) is 13.2 Å². The second-order valence-corrected chi connectivity index (χ2v) is 7.10. The summed E-state index contributed by atoms with van der Waals surface area (Å²) in [4.78, 5) is 36.9. The highest BCUT2D eigenvalue weighted by Crippen LogP contribution is 2.41. The smallest absolute Gasteiger partial charge is 0.347 e. The lowest BCUT2D eigenvalue weighted by Gasteiger charge is -2.08. The fraction of sp³-hybridized carbons (Fsp3) is 0.0870. The highest BCUT2D eigenvalue weighted by atomic mass is 16.6. The maximum Gasteiger partial charge on any atom is 0.347 e. The predicted octanol–water partition coefficient (Wildman–Crippen LogP) is 3.88. The van der Waals surface area contributed by atoms with Gasteiger partial charge in [-0.1, -0.05) is 18.2 Å². The summed E-state index contributed by atoms with van der Waals surface area (Å²) < 4.78 is 12.5. The standard InChI is InChI=1S/C23H16N2O5/c1-12(26)24-17-8-7-15(21-14(17)9-10-29-21)19-20(23(28)30-22(19)27)16-11-25(2)18-6-4-3-5-13(16)18/h3-11H,1-2H3,(H,24,26). The monoisotopic (exact) mass is 400 g/mol. The number of cyclic esters (lactones) is 2. The summed E-state index contributed by atoms with van der Waals surface area (Å²) in [5.41, 5.74) is 3.26. The summed E-state index contributed by atoms with van der Waals surface area (Å²) in [6.07, 6.45) is 3.28. The predicted molar refractivity (Wildman–Crippen MR) is 111 cm³/mol. The summed E-state index contributed by atoms with van der Waals surface area (Å²) in [5.74, 6) is -1.65. The van der Waals surface area contributed by atoms with Gasteiger partial charge in [0.15, 0.2) is 0 Å². The second kappa shape index (κ2) is 6.45. The van der Waals surface area contributed by atoms with Gasteiger partial charge in [-0.2, -0.15) is 0 Å². The first kappa shape index (κ1) is 17.9. The van der Waals surface area contributed by atoms with Crippen LogP contribution in [-0.2, 0) is 26.2 Å². The van der Waals surface area contributed by atoms with E-state index in [0.29, 0.717) is 27.8 Å². The summed E-state index contributed by atoms with van der Waals surface area (Å²) in [6.45, 7) is 1.41. The molecule has 0 unspecified atom stereocenters. The van der Waals surface area contributed by atoms with Crippen molar-refractivity contribution in [2.24, 2.45) is 7.05 Å². The lowest BCUT2D eigenvalue weighted by atomic mass is 9.94. The third-order valence-electron chi connectivity index (χ3n) is 5.21. The number of rotatable bonds is 3. The highest BCUT2D eigenvalue weighted by Gasteiger charge is 2.37. The maximum atomic E-state index is 12.7. The topological polar surface area (TPSA) is 90.5 Å². The number of fused-ring (bicyclic) bond motifs is 2. The van der Waals surface area contributed by atoms with E-state index >= 15 is 0 Å². The molecule has 1 amide bonds. The number of carbonyl (C=O) groups excluding carboxylic acids is 3. The normalized spacial score (nSPS) is 14.1. The van der Waals surface area contributed by atoms with Crippen molar-refractivity contribution in [2.75, 3.05) is 5.32 Å². The Morgan fingerprint density at radius 1 is 0.933 bits per heavy atom. The minimum absolute atomic E-state index is 0.144. The molecule has 2 aromatic carbocycles. The van der Waals surface area contributed by atoms with E-state index in [1.54, 1.807) is 18.2 Å². The van der Waals surface area contributed by atoms with Crippen molar-refractivity contribution in [1.82, 2.24) is 4.57 Å². The number of carbonyl (C=O) groups is 3. The Morgan fingerprint density at radius 2 is 1.67 bits per heavy atom. The van der Waals surface area contributed by atoms with Crippen molar-refractivity contribution in [1.29, 1.82) is 0 Å². The van der Waals surface area contributed by atoms with Crippen molar-refractivity contribution in [2.45, 2.75) is 6.92 Å². The van der Waals surface area contributed by atoms with Crippen LogP contribution in [0.3, 0.4) is 0 Å². The first-order valence-corrected chi connectivity index (χ1v) is 9.29. The third kappa shape index (κ3) is 2.56. The van der Waals surface area contributed by atoms with Crippen LogP contribution in [0.25, 0.3) is 33.0 Å². The fourth-order valence-electron chi connectivity index (χ4n) is 3.98. The molecule has 0 saturated heterocycles. The van der Waals surface area contributed by atoms with E-state index < -0.39 is 11.9 Å². The van der Waals surface area contributed by atoms with Crippen LogP contribution in [0.15, 0.2) is 59.3 Å². The van der Waals surface area contributed by atoms with E-state index in [9.17, 15) is 14.4 Å². The average Bonchev–Trinajstić information content (AvgIpc) is 3.39. The number of nitrogens with one attached hydrogen (secondary N) is 1. The van der Waals surface area contributed by atoms with Gasteiger partial charge in [-0.3, -0.25) is 4.79 Å². The minimum Gasteiger partial charge on any atom is -0.464 e. The van der Waals surface area contributed by atoms with Crippen LogP contribution >= 0.6 is 0 Å². The molecule has 0 atom stereocenters. The van der Waals surface area contributed by atoms with E-state index in [2.05, 4.69) is 5.32 Å². The molecule has 0 fully saturated rings. The van der Waals surface area contributed by atoms with Gasteiger partial charge in [0.25, 0.3) is 0 Å². The number of hydrogen-bond acceptors (Lipinski definition) is 5. The molecule has 0 bridgehead atoms. The Kier molecular flexibility index (Phi) is 3.86. The molecule has 0 aliphatic carbocycles. The Labute approximate surface area is 170 Å². The van der Waals surface area contributed by atoms with Gasteiger partial charge in [0, 0.05) is 47.6 Å². The van der Waals surface area contributed by atoms with Gasteiger partial charge in [0.1, 0.15) is 5.58 Å². The van der Waals surface area contributed by atoms with Crippen molar-refractivity contribution >= 4 is 56.6 Å². The lowest BCUT2D eigenvalue weighted by molar-refractivity contribution is -0.149. The molecule has 7 nitrogen and oxygen atoms in total. The number of furan rings is 1. The largest absolute Gasteiger partial charge is 0.464 e. The van der Waals surface area contributed by atoms with Crippen LogP contribution in [0.2, 0.25) is 0 Å². The lowest BCUT2D eigenvalue weighted by Crippen LogP contribution is -2.06. The van der Waals surface area contributed by atoms with Crippen molar-refractivity contribution in [3.8, 4) is 0 Å². The zero-order valence-corrected chi connectivity index (χ0v) is 16.2. The molecular weight excluding hydrogens is 384 g/mol. The van der Waals surface area contributed by atoms with Crippen LogP contribution in [0.4, 0.5) is 5.69 Å². The number of nitrogens with zero attached hydrogens (tertiary/aromatic N) is 1. The highest BCUT2D eigenvalue weighted by molar-refractivity contribution is 6.46. The molecule has 1 aliphatic rings. The van der Waals surface area contributed by atoms with Crippen LogP contribution < -0.4 is 5.32 Å². The number of hydrogen-bond donors (Lipinski definition) is 1. The number of anilines is 1. The van der Waals surface area contributed by atoms with Crippen LogP contribution in [-0.4, -0.2) is 22.4 Å². The van der Waals surface area contributed by atoms with E-state index in [1.807, 2.05) is 42.1 Å². The summed E-state index contributed by atoms with van der Waals surface area (Å²) in [6, 6.07) is 12.6. The van der Waals surface area contributed by atoms with E-state index in [4.69, 9.17) is 9.15 Å². The van der Waals surface area contributed by atoms with Crippen LogP contribution in [0, 0.1) is 0 Å². The number of esters is 2. The molecule has 2 aromatic heterocycles. The van der Waals surface area contributed by atoms with Crippen LogP contribution in [0.1, 0.15) is 18.1 Å². The zero-order valence-electron chi connectivity index (χ0n) is 16.2. The first-order valence-electron chi connectivity index (χ1n) is 9.29. The Bertz CT molecular complexity index is 1420. The van der Waals surface area contributed by atoms with E-state index in [0.717, 1.165) is 10.9 Å². The van der Waals surface area contributed by atoms with Crippen LogP contribution in [0.5, 0.6) is 0 Å². The van der Waals surface area contributed by atoms with Gasteiger partial charge >= 0.3 is 11.9 Å². The molecule has 0 spiro atoms. The van der Waals surface area contributed by atoms with Gasteiger partial charge in [-0.05, 0) is 24.3 Å². The van der Waals surface area contributed by atoms with Gasteiger partial charge in [0.2, 0.25) is 5.91 Å². The van der Waals surface area contributed by atoms with Crippen molar-refractivity contribution in [3.05, 3.63) is 66.1 Å². The number of amides is 1. The fourth-order valence-corrected chi connectivity index (χ4v) is 3.98. The van der Waals surface area contributed by atoms with Gasteiger partial charge in [0.05, 0.1) is 23.1 Å². The Morgan fingerprint density at radius 3 is 2.43 bits per heavy atom. The number of ether oxygens (including phenoxy) is 1. The molecule has 0 radical (unpaired) electrons. The third-order valence-corrected chi connectivity index (χ3v) is 5.21. The molecule has 148 valence electrons. The summed E-state index contributed by atoms with van der Waals surface area (Å²) in [5, 5.41) is 4.20. The first-order chi connectivity index (χ1) is 14.5. The molecular formula is C23H16N2O5. The molecule has 5 rings (SSSR count). The number of aromatic nitrogens is 1. The molecule has 3 heterocycles. The zero-order chi connectivity index (χ0) is 21.0. The Balaban J connectivity index is 1.81.